The molecule has 1 radical (unpaired) electrons. The van der Waals surface area contributed by atoms with Gasteiger partial charge in [-0.05, 0) is 70.1 Å². The summed E-state index contributed by atoms with van der Waals surface area (Å²) in [6.45, 7) is 0. The van der Waals surface area contributed by atoms with Crippen LogP contribution in [0.15, 0.2) is 181 Å². The summed E-state index contributed by atoms with van der Waals surface area (Å²) in [6.07, 6.45) is 1.85. The first-order chi connectivity index (χ1) is 24.8. The minimum Gasteiger partial charge on any atom is -0.366 e. The Morgan fingerprint density at radius 3 is 1.88 bits per heavy atom. The van der Waals surface area contributed by atoms with Crippen LogP contribution in [0, 0.1) is 12.1 Å². The molecule has 0 spiro atoms. The molecule has 3 aromatic heterocycles. The number of rotatable bonds is 4. The Morgan fingerprint density at radius 2 is 1.12 bits per heavy atom. The molecule has 0 aliphatic heterocycles. The molecule has 245 valence electrons. The monoisotopic (exact) mass is 832 g/mol. The van der Waals surface area contributed by atoms with Gasteiger partial charge in [-0.25, -0.2) is 0 Å². The summed E-state index contributed by atoms with van der Waals surface area (Å²) in [5.74, 6) is 0. The van der Waals surface area contributed by atoms with E-state index in [-0.39, 0.29) is 20.1 Å². The van der Waals surface area contributed by atoms with Gasteiger partial charge in [0.2, 0.25) is 0 Å². The summed E-state index contributed by atoms with van der Waals surface area (Å²) >= 11 is 0. The molecule has 0 saturated carbocycles. The van der Waals surface area contributed by atoms with Crippen molar-refractivity contribution in [2.75, 3.05) is 0 Å². The zero-order valence-electron chi connectivity index (χ0n) is 27.3. The number of benzene rings is 7. The van der Waals surface area contributed by atoms with E-state index in [0.717, 1.165) is 50.3 Å². The van der Waals surface area contributed by atoms with Gasteiger partial charge in [-0.3, -0.25) is 0 Å². The average Bonchev–Trinajstić information content (AvgIpc) is 3.78. The van der Waals surface area contributed by atoms with Gasteiger partial charge in [0, 0.05) is 53.8 Å². The first kappa shape index (κ1) is 32.1. The largest absolute Gasteiger partial charge is 0.366 e. The van der Waals surface area contributed by atoms with Gasteiger partial charge in [0.15, 0.2) is 5.58 Å². The van der Waals surface area contributed by atoms with Crippen LogP contribution >= 0.6 is 0 Å². The Hall–Kier alpha value is -6.13. The molecule has 0 atom stereocenters. The summed E-state index contributed by atoms with van der Waals surface area (Å²) < 4.78 is 7.94. The quantitative estimate of drug-likeness (QED) is 0.166. The maximum atomic E-state index is 5.60. The van der Waals surface area contributed by atoms with Gasteiger partial charge in [0.1, 0.15) is 0 Å². The van der Waals surface area contributed by atoms with E-state index in [4.69, 9.17) is 4.52 Å². The summed E-state index contributed by atoms with van der Waals surface area (Å²) in [5.41, 5.74) is 10.4. The summed E-state index contributed by atoms with van der Waals surface area (Å²) in [6, 6.07) is 64.7. The summed E-state index contributed by atoms with van der Waals surface area (Å²) in [5, 5.41) is 10.2. The molecule has 0 fully saturated rings. The van der Waals surface area contributed by atoms with Crippen LogP contribution in [-0.4, -0.2) is 14.7 Å². The van der Waals surface area contributed by atoms with Gasteiger partial charge in [0.05, 0.1) is 11.0 Å². The molecule has 0 aliphatic rings. The van der Waals surface area contributed by atoms with E-state index in [1.165, 1.54) is 32.6 Å². The van der Waals surface area contributed by atoms with Crippen LogP contribution in [0.1, 0.15) is 0 Å². The fourth-order valence-electron chi connectivity index (χ4n) is 6.74. The van der Waals surface area contributed by atoms with Gasteiger partial charge in [-0.1, -0.05) is 78.9 Å². The molecule has 0 bridgehead atoms. The first-order valence-electron chi connectivity index (χ1n) is 16.6. The van der Waals surface area contributed by atoms with Crippen LogP contribution in [0.25, 0.3) is 82.9 Å². The number of para-hydroxylation sites is 2. The number of aromatic nitrogens is 3. The van der Waals surface area contributed by atoms with Crippen molar-refractivity contribution in [2.45, 2.75) is 0 Å². The number of fused-ring (bicyclic) bond motifs is 5. The van der Waals surface area contributed by atoms with Gasteiger partial charge < -0.3 is 14.1 Å². The fourth-order valence-corrected chi connectivity index (χ4v) is 6.74. The molecule has 3 heterocycles. The molecular formula is C46H29IrN3O-2. The molecule has 0 amide bonds. The minimum absolute atomic E-state index is 0. The Bertz CT molecular complexity index is 2750. The second-order valence-electron chi connectivity index (χ2n) is 12.1. The first-order valence-corrected chi connectivity index (χ1v) is 16.6. The fraction of sp³-hybridized carbons (Fsp3) is 0. The third-order valence-corrected chi connectivity index (χ3v) is 9.09. The zero-order valence-corrected chi connectivity index (χ0v) is 29.7. The number of nitrogens with zero attached hydrogens (tertiary/aromatic N) is 3. The van der Waals surface area contributed by atoms with E-state index in [1.807, 2.05) is 79.0 Å². The Labute approximate surface area is 309 Å². The molecular weight excluding hydrogens is 803 g/mol. The predicted octanol–water partition coefficient (Wildman–Crippen LogP) is 11.8. The Morgan fingerprint density at radius 1 is 0.490 bits per heavy atom. The molecule has 0 saturated heterocycles. The molecule has 4 nitrogen and oxygen atoms in total. The van der Waals surface area contributed by atoms with Crippen molar-refractivity contribution in [2.24, 2.45) is 0 Å². The number of pyridine rings is 1. The van der Waals surface area contributed by atoms with Crippen LogP contribution in [0.5, 0.6) is 0 Å². The van der Waals surface area contributed by atoms with Crippen molar-refractivity contribution < 1.29 is 24.6 Å². The second-order valence-corrected chi connectivity index (χ2v) is 12.1. The van der Waals surface area contributed by atoms with Crippen LogP contribution in [0.3, 0.4) is 0 Å². The zero-order chi connectivity index (χ0) is 33.3. The van der Waals surface area contributed by atoms with Crippen molar-refractivity contribution in [3.05, 3.63) is 188 Å². The third kappa shape index (κ3) is 6.04. The average molecular weight is 832 g/mol. The van der Waals surface area contributed by atoms with Crippen LogP contribution < -0.4 is 0 Å². The molecule has 7 aromatic carbocycles. The molecule has 51 heavy (non-hydrogen) atoms. The van der Waals surface area contributed by atoms with Gasteiger partial charge in [-0.15, -0.1) is 76.9 Å². The van der Waals surface area contributed by atoms with Crippen molar-refractivity contribution in [1.82, 2.24) is 14.7 Å². The molecule has 0 unspecified atom stereocenters. The molecule has 0 aliphatic carbocycles. The molecule has 10 aromatic rings. The van der Waals surface area contributed by atoms with E-state index < -0.39 is 0 Å². The van der Waals surface area contributed by atoms with Crippen LogP contribution in [0.4, 0.5) is 0 Å². The van der Waals surface area contributed by atoms with Gasteiger partial charge in [-0.2, -0.15) is 0 Å². The van der Waals surface area contributed by atoms with Gasteiger partial charge >= 0.3 is 0 Å². The number of hydrogen-bond acceptors (Lipinski definition) is 3. The minimum atomic E-state index is 0. The third-order valence-electron chi connectivity index (χ3n) is 9.09. The van der Waals surface area contributed by atoms with Crippen LogP contribution in [-0.2, 0) is 20.1 Å². The Kier molecular flexibility index (Phi) is 8.81. The standard InChI is InChI=1S/C31H19N2O.C15H10N.Ir/c1-3-9-21(10-4-1)31-27-20-23(16-18-30(27)34-32-31)22-15-17-29-26(19-22)25-13-7-8-14-28(25)33(29)24-11-5-2-6-12-24;1-2-7-13(8-3-1)15-14-9-5-4-6-12(14)10-11-16-15;/h1-9,11-20H;1-7,9-11H;/q2*-1;. The van der Waals surface area contributed by atoms with Crippen LogP contribution in [0.2, 0.25) is 0 Å². The van der Waals surface area contributed by atoms with Gasteiger partial charge in [0.25, 0.3) is 0 Å². The maximum absolute atomic E-state index is 5.60. The number of hydrogen-bond donors (Lipinski definition) is 0. The van der Waals surface area contributed by atoms with E-state index in [9.17, 15) is 0 Å². The van der Waals surface area contributed by atoms with Crippen molar-refractivity contribution in [1.29, 1.82) is 0 Å². The maximum Gasteiger partial charge on any atom is 0.157 e. The topological polar surface area (TPSA) is 43.9 Å². The smallest absolute Gasteiger partial charge is 0.157 e. The van der Waals surface area contributed by atoms with E-state index >= 15 is 0 Å². The van der Waals surface area contributed by atoms with Crippen molar-refractivity contribution >= 4 is 43.5 Å². The van der Waals surface area contributed by atoms with E-state index in [0.29, 0.717) is 0 Å². The second kappa shape index (κ2) is 14.0. The van der Waals surface area contributed by atoms with E-state index in [2.05, 4.69) is 124 Å². The summed E-state index contributed by atoms with van der Waals surface area (Å²) in [7, 11) is 0. The SMILES string of the molecule is [Ir].[c-]1ccccc1-c1nccc2ccccc12.[c-]1ccccc1-c1noc2ccc(-c3ccc4c(c3)c3ccccc3n4-c3ccccc3)cc12. The Balaban J connectivity index is 0.000000185. The summed E-state index contributed by atoms with van der Waals surface area (Å²) in [4.78, 5) is 4.45. The molecule has 0 N–H and O–H groups in total. The van der Waals surface area contributed by atoms with E-state index in [1.54, 1.807) is 0 Å². The van der Waals surface area contributed by atoms with Crippen molar-refractivity contribution in [3.63, 3.8) is 0 Å². The van der Waals surface area contributed by atoms with Crippen molar-refractivity contribution in [3.8, 4) is 39.3 Å². The predicted molar refractivity (Wildman–Crippen MR) is 204 cm³/mol. The molecule has 10 rings (SSSR count). The normalized spacial score (nSPS) is 11.0. The molecule has 5 heteroatoms.